The van der Waals surface area contributed by atoms with E-state index in [9.17, 15) is 16.8 Å². The maximum Gasteiger partial charge on any atom is 0.231 e. The Morgan fingerprint density at radius 2 is 1.59 bits per heavy atom. The highest BCUT2D eigenvalue weighted by Crippen LogP contribution is 2.27. The number of sulfonamides is 1. The van der Waals surface area contributed by atoms with Crippen LogP contribution in [0.15, 0.2) is 66.9 Å². The molecule has 3 heterocycles. The van der Waals surface area contributed by atoms with Crippen LogP contribution in [-0.2, 0) is 32.8 Å². The van der Waals surface area contributed by atoms with E-state index in [2.05, 4.69) is 34.3 Å². The number of hydrogen-bond donors (Lipinski definition) is 0. The molecule has 0 radical (unpaired) electrons. The van der Waals surface area contributed by atoms with E-state index in [4.69, 9.17) is 4.98 Å². The highest BCUT2D eigenvalue weighted by Gasteiger charge is 2.21. The zero-order valence-corrected chi connectivity index (χ0v) is 22.4. The number of nitrogens with zero attached hydrogens (tertiary/aromatic N) is 5. The number of benzene rings is 2. The van der Waals surface area contributed by atoms with Gasteiger partial charge in [0.25, 0.3) is 0 Å². The number of hydrogen-bond acceptors (Lipinski definition) is 7. The van der Waals surface area contributed by atoms with Crippen molar-refractivity contribution in [2.75, 3.05) is 42.2 Å². The van der Waals surface area contributed by atoms with Gasteiger partial charge in [0.2, 0.25) is 10.0 Å². The van der Waals surface area contributed by atoms with Crippen LogP contribution < -0.4 is 4.31 Å². The Bertz CT molecular complexity index is 1620. The molecule has 0 saturated carbocycles. The maximum atomic E-state index is 11.8. The minimum Gasteiger partial charge on any atom is -0.297 e. The van der Waals surface area contributed by atoms with Gasteiger partial charge in [-0.2, -0.15) is 5.10 Å². The zero-order valence-electron chi connectivity index (χ0n) is 20.8. The van der Waals surface area contributed by atoms with Gasteiger partial charge < -0.3 is 0 Å². The summed E-state index contributed by atoms with van der Waals surface area (Å²) in [7, 11) is -4.67. The average molecular weight is 540 g/mol. The van der Waals surface area contributed by atoms with Gasteiger partial charge in [0.05, 0.1) is 23.4 Å². The fourth-order valence-corrected chi connectivity index (χ4v) is 6.19. The van der Waals surface area contributed by atoms with Crippen molar-refractivity contribution in [3.05, 3.63) is 83.8 Å². The number of rotatable bonds is 7. The van der Waals surface area contributed by atoms with Gasteiger partial charge in [-0.05, 0) is 41.0 Å². The van der Waals surface area contributed by atoms with Gasteiger partial charge in [0.1, 0.15) is 0 Å². The van der Waals surface area contributed by atoms with Crippen molar-refractivity contribution in [3.8, 4) is 11.1 Å². The molecule has 2 aromatic carbocycles. The third-order valence-corrected chi connectivity index (χ3v) is 9.49. The number of sulfone groups is 1. The molecule has 0 atom stereocenters. The molecule has 1 fully saturated rings. The Kier molecular flexibility index (Phi) is 6.78. The summed E-state index contributed by atoms with van der Waals surface area (Å²) in [5.41, 5.74) is 5.40. The molecule has 0 unspecified atom stereocenters. The summed E-state index contributed by atoms with van der Waals surface area (Å²) in [6.07, 6.45) is 3.63. The average Bonchev–Trinajstić information content (AvgIpc) is 3.28. The smallest absolute Gasteiger partial charge is 0.231 e. The lowest BCUT2D eigenvalue weighted by molar-refractivity contribution is 0.287. The summed E-state index contributed by atoms with van der Waals surface area (Å²) < 4.78 is 49.9. The monoisotopic (exact) mass is 539 g/mol. The van der Waals surface area contributed by atoms with Crippen LogP contribution >= 0.6 is 0 Å². The van der Waals surface area contributed by atoms with E-state index >= 15 is 0 Å². The van der Waals surface area contributed by atoms with Crippen LogP contribution in [0.5, 0.6) is 0 Å². The van der Waals surface area contributed by atoms with E-state index in [0.29, 0.717) is 31.0 Å². The number of anilines is 1. The quantitative estimate of drug-likeness (QED) is 0.356. The Hall–Kier alpha value is -3.28. The van der Waals surface area contributed by atoms with E-state index in [1.165, 1.54) is 17.6 Å². The van der Waals surface area contributed by atoms with E-state index in [-0.39, 0.29) is 11.5 Å². The molecule has 11 heteroatoms. The molecule has 1 aliphatic heterocycles. The standard InChI is InChI=1S/C26H29N5O4S2/c1-29(36(2,32)33)23-11-9-22(10-12-23)24-4-3-13-31-26(24)27-25(28-31)18-20-5-7-21(8-6-20)19-30-14-16-37(34,35)17-15-30/h3-13H,14-19H2,1-2H3. The molecule has 1 aliphatic rings. The third kappa shape index (κ3) is 5.84. The molecule has 1 saturated heterocycles. The molecule has 37 heavy (non-hydrogen) atoms. The van der Waals surface area contributed by atoms with Crippen molar-refractivity contribution in [3.63, 3.8) is 0 Å². The predicted octanol–water partition coefficient (Wildman–Crippen LogP) is 2.61. The highest BCUT2D eigenvalue weighted by atomic mass is 32.2. The summed E-state index contributed by atoms with van der Waals surface area (Å²) in [6, 6.07) is 19.5. The topological polar surface area (TPSA) is 105 Å². The van der Waals surface area contributed by atoms with E-state index in [0.717, 1.165) is 34.4 Å². The second-order valence-corrected chi connectivity index (χ2v) is 13.7. The molecule has 0 N–H and O–H groups in total. The number of aromatic nitrogens is 3. The van der Waals surface area contributed by atoms with Gasteiger partial charge in [-0.1, -0.05) is 36.4 Å². The first-order valence-corrected chi connectivity index (χ1v) is 15.6. The summed E-state index contributed by atoms with van der Waals surface area (Å²) >= 11 is 0. The minimum atomic E-state index is -3.33. The van der Waals surface area contributed by atoms with E-state index < -0.39 is 19.9 Å². The molecular weight excluding hydrogens is 510 g/mol. The second-order valence-electron chi connectivity index (χ2n) is 9.42. The van der Waals surface area contributed by atoms with Gasteiger partial charge in [-0.15, -0.1) is 0 Å². The van der Waals surface area contributed by atoms with Gasteiger partial charge in [-0.3, -0.25) is 9.21 Å². The third-order valence-electron chi connectivity index (χ3n) is 6.67. The zero-order chi connectivity index (χ0) is 26.2. The Labute approximate surface area is 217 Å². The normalized spacial score (nSPS) is 16.2. The Morgan fingerprint density at radius 1 is 0.946 bits per heavy atom. The summed E-state index contributed by atoms with van der Waals surface area (Å²) in [5, 5.41) is 4.65. The maximum absolute atomic E-state index is 11.8. The largest absolute Gasteiger partial charge is 0.297 e. The lowest BCUT2D eigenvalue weighted by atomic mass is 10.1. The van der Waals surface area contributed by atoms with E-state index in [1.54, 1.807) is 16.6 Å². The summed E-state index contributed by atoms with van der Waals surface area (Å²) in [4.78, 5) is 6.96. The van der Waals surface area contributed by atoms with Crippen LogP contribution in [0.4, 0.5) is 5.69 Å². The van der Waals surface area contributed by atoms with Crippen molar-refractivity contribution in [1.29, 1.82) is 0 Å². The number of pyridine rings is 1. The molecule has 9 nitrogen and oxygen atoms in total. The molecule has 0 spiro atoms. The van der Waals surface area contributed by atoms with Crippen LogP contribution in [-0.4, -0.2) is 74.2 Å². The van der Waals surface area contributed by atoms with E-state index in [1.807, 2.05) is 30.5 Å². The molecule has 194 valence electrons. The molecular formula is C26H29N5O4S2. The Morgan fingerprint density at radius 3 is 2.24 bits per heavy atom. The van der Waals surface area contributed by atoms with Crippen LogP contribution in [0.1, 0.15) is 17.0 Å². The first-order chi connectivity index (χ1) is 17.6. The van der Waals surface area contributed by atoms with Gasteiger partial charge in [0.15, 0.2) is 21.3 Å². The van der Waals surface area contributed by atoms with Crippen molar-refractivity contribution in [1.82, 2.24) is 19.5 Å². The second kappa shape index (κ2) is 9.88. The van der Waals surface area contributed by atoms with Crippen LogP contribution in [0.3, 0.4) is 0 Å². The fraction of sp³-hybridized carbons (Fsp3) is 0.308. The minimum absolute atomic E-state index is 0.231. The SMILES string of the molecule is CN(c1ccc(-c2cccn3nc(Cc4ccc(CN5CCS(=O)(=O)CC5)cc4)nc23)cc1)S(C)(=O)=O. The summed E-state index contributed by atoms with van der Waals surface area (Å²) in [6.45, 7) is 1.90. The van der Waals surface area contributed by atoms with Crippen LogP contribution in [0, 0.1) is 0 Å². The molecule has 0 bridgehead atoms. The molecule has 5 rings (SSSR count). The molecule has 2 aromatic heterocycles. The fourth-order valence-electron chi connectivity index (χ4n) is 4.40. The molecule has 0 aliphatic carbocycles. The van der Waals surface area contributed by atoms with Crippen LogP contribution in [0.25, 0.3) is 16.8 Å². The molecule has 0 amide bonds. The lowest BCUT2D eigenvalue weighted by Crippen LogP contribution is -2.39. The van der Waals surface area contributed by atoms with Crippen molar-refractivity contribution in [2.45, 2.75) is 13.0 Å². The van der Waals surface area contributed by atoms with Crippen molar-refractivity contribution >= 4 is 31.2 Å². The first kappa shape index (κ1) is 25.4. The van der Waals surface area contributed by atoms with Crippen molar-refractivity contribution in [2.24, 2.45) is 0 Å². The van der Waals surface area contributed by atoms with Gasteiger partial charge in [-0.25, -0.2) is 26.3 Å². The van der Waals surface area contributed by atoms with Gasteiger partial charge >= 0.3 is 0 Å². The van der Waals surface area contributed by atoms with Crippen LogP contribution in [0.2, 0.25) is 0 Å². The number of fused-ring (bicyclic) bond motifs is 1. The Balaban J connectivity index is 1.30. The highest BCUT2D eigenvalue weighted by molar-refractivity contribution is 7.92. The molecule has 4 aromatic rings. The van der Waals surface area contributed by atoms with Crippen molar-refractivity contribution < 1.29 is 16.8 Å². The first-order valence-electron chi connectivity index (χ1n) is 12.0. The lowest BCUT2D eigenvalue weighted by Gasteiger charge is -2.26. The van der Waals surface area contributed by atoms with Gasteiger partial charge in [0, 0.05) is 44.9 Å². The predicted molar refractivity (Wildman–Crippen MR) is 145 cm³/mol. The summed E-state index contributed by atoms with van der Waals surface area (Å²) in [5.74, 6) is 1.16.